The third-order valence-corrected chi connectivity index (χ3v) is 3.34. The fraction of sp³-hybridized carbons (Fsp3) is 0.667. The standard InChI is InChI=1S/C12H19N3O2/c1-9(10-3-4-10)15(5-6-17-2)12(16)11-7-13-14-8-11/h7-10H,3-6H2,1-2H3,(H,13,14). The minimum absolute atomic E-state index is 0.0372. The third-order valence-electron chi connectivity index (χ3n) is 3.34. The van der Waals surface area contributed by atoms with Crippen LogP contribution in [0.4, 0.5) is 0 Å². The fourth-order valence-corrected chi connectivity index (χ4v) is 2.05. The number of methoxy groups -OCH3 is 1. The molecule has 1 atom stereocenters. The molecule has 0 bridgehead atoms. The lowest BCUT2D eigenvalue weighted by Crippen LogP contribution is -2.41. The van der Waals surface area contributed by atoms with Crippen molar-refractivity contribution in [1.82, 2.24) is 15.1 Å². The van der Waals surface area contributed by atoms with Crippen molar-refractivity contribution in [3.8, 4) is 0 Å². The number of ether oxygens (including phenoxy) is 1. The largest absolute Gasteiger partial charge is 0.383 e. The first-order valence-electron chi connectivity index (χ1n) is 6.02. The van der Waals surface area contributed by atoms with Crippen LogP contribution in [0.1, 0.15) is 30.1 Å². The molecule has 1 fully saturated rings. The van der Waals surface area contributed by atoms with Gasteiger partial charge in [-0.3, -0.25) is 9.89 Å². The summed E-state index contributed by atoms with van der Waals surface area (Å²) in [7, 11) is 1.66. The Labute approximate surface area is 101 Å². The molecule has 1 saturated carbocycles. The molecule has 1 aromatic rings. The second kappa shape index (κ2) is 5.31. The first-order chi connectivity index (χ1) is 8.24. The number of hydrogen-bond acceptors (Lipinski definition) is 3. The summed E-state index contributed by atoms with van der Waals surface area (Å²) in [5.41, 5.74) is 0.619. The summed E-state index contributed by atoms with van der Waals surface area (Å²) in [4.78, 5) is 14.2. The van der Waals surface area contributed by atoms with E-state index in [1.54, 1.807) is 19.5 Å². The molecule has 2 rings (SSSR count). The van der Waals surface area contributed by atoms with E-state index < -0.39 is 0 Å². The van der Waals surface area contributed by atoms with Gasteiger partial charge in [-0.05, 0) is 25.7 Å². The summed E-state index contributed by atoms with van der Waals surface area (Å²) in [6.45, 7) is 3.32. The third kappa shape index (κ3) is 2.85. The van der Waals surface area contributed by atoms with E-state index >= 15 is 0 Å². The second-order valence-corrected chi connectivity index (χ2v) is 4.56. The summed E-state index contributed by atoms with van der Waals surface area (Å²) < 4.78 is 5.07. The van der Waals surface area contributed by atoms with Crippen LogP contribution in [0.3, 0.4) is 0 Å². The van der Waals surface area contributed by atoms with E-state index in [1.807, 2.05) is 4.90 Å². The quantitative estimate of drug-likeness (QED) is 0.811. The van der Waals surface area contributed by atoms with E-state index in [0.29, 0.717) is 24.6 Å². The molecule has 17 heavy (non-hydrogen) atoms. The Morgan fingerprint density at radius 1 is 1.71 bits per heavy atom. The van der Waals surface area contributed by atoms with Crippen LogP contribution in [-0.4, -0.2) is 47.3 Å². The second-order valence-electron chi connectivity index (χ2n) is 4.56. The van der Waals surface area contributed by atoms with Gasteiger partial charge in [-0.2, -0.15) is 5.10 Å². The van der Waals surface area contributed by atoms with Gasteiger partial charge < -0.3 is 9.64 Å². The Kier molecular flexibility index (Phi) is 3.78. The van der Waals surface area contributed by atoms with E-state index in [2.05, 4.69) is 17.1 Å². The number of amides is 1. The maximum Gasteiger partial charge on any atom is 0.257 e. The maximum atomic E-state index is 12.3. The molecule has 94 valence electrons. The van der Waals surface area contributed by atoms with Gasteiger partial charge in [0.1, 0.15) is 0 Å². The average molecular weight is 237 g/mol. The van der Waals surface area contributed by atoms with Gasteiger partial charge in [0.15, 0.2) is 0 Å². The van der Waals surface area contributed by atoms with Crippen molar-refractivity contribution in [3.63, 3.8) is 0 Å². The maximum absolute atomic E-state index is 12.3. The van der Waals surface area contributed by atoms with Crippen molar-refractivity contribution in [3.05, 3.63) is 18.0 Å². The number of carbonyl (C=O) groups excluding carboxylic acids is 1. The zero-order valence-corrected chi connectivity index (χ0v) is 10.3. The number of aromatic amines is 1. The van der Waals surface area contributed by atoms with E-state index in [-0.39, 0.29) is 11.9 Å². The molecular weight excluding hydrogens is 218 g/mol. The van der Waals surface area contributed by atoms with Crippen LogP contribution in [0, 0.1) is 5.92 Å². The van der Waals surface area contributed by atoms with Crippen LogP contribution in [-0.2, 0) is 4.74 Å². The van der Waals surface area contributed by atoms with Gasteiger partial charge in [-0.25, -0.2) is 0 Å². The highest BCUT2D eigenvalue weighted by Gasteiger charge is 2.34. The molecule has 1 aromatic heterocycles. The molecule has 1 N–H and O–H groups in total. The van der Waals surface area contributed by atoms with Gasteiger partial charge in [-0.1, -0.05) is 0 Å². The number of hydrogen-bond donors (Lipinski definition) is 1. The molecule has 1 heterocycles. The Hall–Kier alpha value is -1.36. The number of rotatable bonds is 6. The van der Waals surface area contributed by atoms with E-state index in [1.165, 1.54) is 12.8 Å². The summed E-state index contributed by atoms with van der Waals surface area (Å²) in [6, 6.07) is 0.285. The van der Waals surface area contributed by atoms with Gasteiger partial charge in [0.05, 0.1) is 18.4 Å². The summed E-state index contributed by atoms with van der Waals surface area (Å²) in [5.74, 6) is 0.693. The SMILES string of the molecule is COCCN(C(=O)c1cn[nH]c1)C(C)C1CC1. The van der Waals surface area contributed by atoms with Crippen LogP contribution in [0.2, 0.25) is 0 Å². The first-order valence-corrected chi connectivity index (χ1v) is 6.02. The van der Waals surface area contributed by atoms with Gasteiger partial charge in [0.2, 0.25) is 0 Å². The predicted molar refractivity (Wildman–Crippen MR) is 63.7 cm³/mol. The van der Waals surface area contributed by atoms with Crippen LogP contribution in [0.5, 0.6) is 0 Å². The Morgan fingerprint density at radius 2 is 2.47 bits per heavy atom. The van der Waals surface area contributed by atoms with Crippen molar-refractivity contribution in [2.45, 2.75) is 25.8 Å². The van der Waals surface area contributed by atoms with Crippen LogP contribution in [0.25, 0.3) is 0 Å². The Bertz CT molecular complexity index is 360. The highest BCUT2D eigenvalue weighted by Crippen LogP contribution is 2.35. The minimum atomic E-state index is 0.0372. The number of carbonyl (C=O) groups is 1. The molecule has 5 heteroatoms. The molecule has 0 radical (unpaired) electrons. The molecule has 1 aliphatic carbocycles. The number of nitrogens with one attached hydrogen (secondary N) is 1. The van der Waals surface area contributed by atoms with Crippen LogP contribution in [0.15, 0.2) is 12.4 Å². The van der Waals surface area contributed by atoms with Crippen molar-refractivity contribution in [1.29, 1.82) is 0 Å². The van der Waals surface area contributed by atoms with E-state index in [9.17, 15) is 4.79 Å². The lowest BCUT2D eigenvalue weighted by atomic mass is 10.1. The first kappa shape index (κ1) is 12.1. The highest BCUT2D eigenvalue weighted by atomic mass is 16.5. The number of aromatic nitrogens is 2. The minimum Gasteiger partial charge on any atom is -0.383 e. The number of nitrogens with zero attached hydrogens (tertiary/aromatic N) is 2. The highest BCUT2D eigenvalue weighted by molar-refractivity contribution is 5.93. The molecule has 0 aliphatic heterocycles. The lowest BCUT2D eigenvalue weighted by molar-refractivity contribution is 0.0594. The summed E-state index contributed by atoms with van der Waals surface area (Å²) in [6.07, 6.45) is 5.66. The predicted octanol–water partition coefficient (Wildman–Crippen LogP) is 1.30. The molecule has 5 nitrogen and oxygen atoms in total. The molecule has 0 saturated heterocycles. The van der Waals surface area contributed by atoms with Gasteiger partial charge >= 0.3 is 0 Å². The van der Waals surface area contributed by atoms with Crippen molar-refractivity contribution in [2.75, 3.05) is 20.3 Å². The zero-order valence-electron chi connectivity index (χ0n) is 10.3. The zero-order chi connectivity index (χ0) is 12.3. The van der Waals surface area contributed by atoms with Crippen LogP contribution >= 0.6 is 0 Å². The topological polar surface area (TPSA) is 58.2 Å². The van der Waals surface area contributed by atoms with Gasteiger partial charge in [0.25, 0.3) is 5.91 Å². The van der Waals surface area contributed by atoms with Crippen molar-refractivity contribution < 1.29 is 9.53 Å². The fourth-order valence-electron chi connectivity index (χ4n) is 2.05. The lowest BCUT2D eigenvalue weighted by Gasteiger charge is -2.28. The summed E-state index contributed by atoms with van der Waals surface area (Å²) >= 11 is 0. The van der Waals surface area contributed by atoms with E-state index in [0.717, 1.165) is 0 Å². The molecule has 1 unspecified atom stereocenters. The molecule has 1 aliphatic rings. The Morgan fingerprint density at radius 3 is 3.00 bits per heavy atom. The van der Waals surface area contributed by atoms with Crippen molar-refractivity contribution >= 4 is 5.91 Å². The smallest absolute Gasteiger partial charge is 0.257 e. The normalized spacial score (nSPS) is 16.8. The summed E-state index contributed by atoms with van der Waals surface area (Å²) in [5, 5.41) is 6.50. The number of H-pyrrole nitrogens is 1. The monoisotopic (exact) mass is 237 g/mol. The molecule has 1 amide bonds. The molecule has 0 spiro atoms. The van der Waals surface area contributed by atoms with E-state index in [4.69, 9.17) is 4.74 Å². The van der Waals surface area contributed by atoms with Gasteiger partial charge in [-0.15, -0.1) is 0 Å². The molecule has 0 aromatic carbocycles. The van der Waals surface area contributed by atoms with Gasteiger partial charge in [0, 0.05) is 25.9 Å². The van der Waals surface area contributed by atoms with Crippen molar-refractivity contribution in [2.24, 2.45) is 5.92 Å². The molecular formula is C12H19N3O2. The van der Waals surface area contributed by atoms with Crippen LogP contribution < -0.4 is 0 Å². The Balaban J connectivity index is 2.05. The average Bonchev–Trinajstić information content (AvgIpc) is 3.04.